The second-order valence-electron chi connectivity index (χ2n) is 4.64. The van der Waals surface area contributed by atoms with Gasteiger partial charge in [-0.15, -0.1) is 0 Å². The highest BCUT2D eigenvalue weighted by Crippen LogP contribution is 2.17. The Morgan fingerprint density at radius 3 is 2.50 bits per heavy atom. The molecular formula is C16H14N2O2. The Morgan fingerprint density at radius 2 is 1.90 bits per heavy atom. The molecule has 1 aromatic carbocycles. The van der Waals surface area contributed by atoms with Crippen molar-refractivity contribution in [3.8, 4) is 11.8 Å². The van der Waals surface area contributed by atoms with E-state index in [0.29, 0.717) is 17.4 Å². The van der Waals surface area contributed by atoms with Gasteiger partial charge in [0.05, 0.1) is 11.8 Å². The average molecular weight is 266 g/mol. The van der Waals surface area contributed by atoms with Crippen molar-refractivity contribution >= 4 is 12.2 Å². The molecule has 0 saturated heterocycles. The van der Waals surface area contributed by atoms with Crippen LogP contribution in [0.25, 0.3) is 0 Å². The molecule has 0 aliphatic carbocycles. The van der Waals surface area contributed by atoms with E-state index in [-0.39, 0.29) is 5.91 Å². The second kappa shape index (κ2) is 5.54. The van der Waals surface area contributed by atoms with E-state index in [9.17, 15) is 9.59 Å². The number of hydrogen-bond donors (Lipinski definition) is 0. The highest BCUT2D eigenvalue weighted by Gasteiger charge is 2.15. The van der Waals surface area contributed by atoms with Crippen LogP contribution in [0.2, 0.25) is 0 Å². The highest BCUT2D eigenvalue weighted by molar-refractivity contribution is 5.98. The minimum absolute atomic E-state index is 0.195. The van der Waals surface area contributed by atoms with Gasteiger partial charge < -0.3 is 0 Å². The number of benzene rings is 1. The largest absolute Gasteiger partial charge is 0.289 e. The summed E-state index contributed by atoms with van der Waals surface area (Å²) < 4.78 is 1.25. The van der Waals surface area contributed by atoms with E-state index in [1.54, 1.807) is 0 Å². The molecule has 0 saturated carbocycles. The average Bonchev–Trinajstić information content (AvgIpc) is 2.83. The molecule has 2 aromatic rings. The van der Waals surface area contributed by atoms with Crippen LogP contribution in [0.15, 0.2) is 24.5 Å². The summed E-state index contributed by atoms with van der Waals surface area (Å²) in [7, 11) is 0. The van der Waals surface area contributed by atoms with Crippen LogP contribution in [0.4, 0.5) is 0 Å². The lowest BCUT2D eigenvalue weighted by atomic mass is 9.99. The number of nitrogens with zero attached hydrogens (tertiary/aromatic N) is 2. The second-order valence-corrected chi connectivity index (χ2v) is 4.64. The van der Waals surface area contributed by atoms with Gasteiger partial charge in [-0.3, -0.25) is 9.59 Å². The molecule has 0 radical (unpaired) electrons. The molecule has 20 heavy (non-hydrogen) atoms. The van der Waals surface area contributed by atoms with Gasteiger partial charge in [-0.2, -0.15) is 5.10 Å². The minimum Gasteiger partial charge on any atom is -0.289 e. The molecule has 0 bridgehead atoms. The molecule has 0 spiro atoms. The summed E-state index contributed by atoms with van der Waals surface area (Å²) in [5, 5.41) is 4.00. The maximum Gasteiger partial charge on any atom is 0.278 e. The van der Waals surface area contributed by atoms with E-state index in [1.807, 2.05) is 32.9 Å². The lowest BCUT2D eigenvalue weighted by molar-refractivity contribution is -0.103. The first-order valence-electron chi connectivity index (χ1n) is 6.15. The molecule has 4 nitrogen and oxygen atoms in total. The third kappa shape index (κ3) is 2.67. The van der Waals surface area contributed by atoms with E-state index in [1.165, 1.54) is 17.1 Å². The summed E-state index contributed by atoms with van der Waals surface area (Å²) in [6.45, 7) is 5.81. The molecule has 100 valence electrons. The first-order chi connectivity index (χ1) is 9.52. The Kier molecular flexibility index (Phi) is 3.81. The van der Waals surface area contributed by atoms with Gasteiger partial charge in [0, 0.05) is 11.8 Å². The SMILES string of the molecule is Cc1cc(C)c(C(=O)n2cc(C#CC=O)cn2)c(C)c1. The molecule has 4 heteroatoms. The van der Waals surface area contributed by atoms with Crippen LogP contribution < -0.4 is 0 Å². The first kappa shape index (κ1) is 13.8. The molecule has 2 rings (SSSR count). The van der Waals surface area contributed by atoms with Crippen LogP contribution >= 0.6 is 0 Å². The summed E-state index contributed by atoms with van der Waals surface area (Å²) in [6, 6.07) is 3.94. The van der Waals surface area contributed by atoms with E-state index in [2.05, 4.69) is 16.9 Å². The predicted molar refractivity (Wildman–Crippen MR) is 75.6 cm³/mol. The molecule has 0 N–H and O–H groups in total. The molecule has 0 aliphatic rings. The van der Waals surface area contributed by atoms with Crippen molar-refractivity contribution < 1.29 is 9.59 Å². The Morgan fingerprint density at radius 1 is 1.25 bits per heavy atom. The van der Waals surface area contributed by atoms with Crippen LogP contribution in [0.1, 0.15) is 32.6 Å². The summed E-state index contributed by atoms with van der Waals surface area (Å²) >= 11 is 0. The maximum absolute atomic E-state index is 12.5. The summed E-state index contributed by atoms with van der Waals surface area (Å²) in [4.78, 5) is 22.7. The Balaban J connectivity index is 2.42. The van der Waals surface area contributed by atoms with E-state index in [4.69, 9.17) is 0 Å². The molecule has 0 unspecified atom stereocenters. The lowest BCUT2D eigenvalue weighted by Gasteiger charge is -2.09. The maximum atomic E-state index is 12.5. The number of aldehydes is 1. The summed E-state index contributed by atoms with van der Waals surface area (Å²) in [5.74, 6) is 4.70. The number of aryl methyl sites for hydroxylation is 3. The molecule has 1 aromatic heterocycles. The number of carbonyl (C=O) groups excluding carboxylic acids is 2. The van der Waals surface area contributed by atoms with Crippen molar-refractivity contribution in [2.24, 2.45) is 0 Å². The van der Waals surface area contributed by atoms with Crippen LogP contribution in [0.5, 0.6) is 0 Å². The van der Waals surface area contributed by atoms with Crippen LogP contribution in [-0.4, -0.2) is 22.0 Å². The molecule has 0 aliphatic heterocycles. The number of hydrogen-bond acceptors (Lipinski definition) is 3. The van der Waals surface area contributed by atoms with Gasteiger partial charge >= 0.3 is 0 Å². The highest BCUT2D eigenvalue weighted by atomic mass is 16.2. The van der Waals surface area contributed by atoms with E-state index < -0.39 is 0 Å². The van der Waals surface area contributed by atoms with E-state index in [0.717, 1.165) is 16.7 Å². The minimum atomic E-state index is -0.195. The van der Waals surface area contributed by atoms with Gasteiger partial charge in [0.2, 0.25) is 0 Å². The van der Waals surface area contributed by atoms with E-state index >= 15 is 0 Å². The summed E-state index contributed by atoms with van der Waals surface area (Å²) in [5.41, 5.74) is 4.14. The predicted octanol–water partition coefficient (Wildman–Crippen LogP) is 2.05. The third-order valence-corrected chi connectivity index (χ3v) is 2.96. The zero-order valence-corrected chi connectivity index (χ0v) is 11.6. The van der Waals surface area contributed by atoms with Crippen molar-refractivity contribution in [1.29, 1.82) is 0 Å². The Labute approximate surface area is 117 Å². The van der Waals surface area contributed by atoms with Gasteiger partial charge in [-0.25, -0.2) is 4.68 Å². The standard InChI is InChI=1S/C16H14N2O2/c1-11-7-12(2)15(13(3)8-11)16(20)18-10-14(9-17-18)5-4-6-19/h6-10H,1-3H3. The number of rotatable bonds is 1. The van der Waals surface area contributed by atoms with Crippen molar-refractivity contribution in [3.63, 3.8) is 0 Å². The monoisotopic (exact) mass is 266 g/mol. The van der Waals surface area contributed by atoms with Crippen LogP contribution in [0, 0.1) is 32.6 Å². The molecule has 1 heterocycles. The molecular weight excluding hydrogens is 252 g/mol. The fraction of sp³-hybridized carbons (Fsp3) is 0.188. The lowest BCUT2D eigenvalue weighted by Crippen LogP contribution is -2.15. The zero-order valence-electron chi connectivity index (χ0n) is 11.6. The smallest absolute Gasteiger partial charge is 0.278 e. The van der Waals surface area contributed by atoms with Gasteiger partial charge in [0.25, 0.3) is 5.91 Å². The van der Waals surface area contributed by atoms with Gasteiger partial charge in [0.15, 0.2) is 6.29 Å². The van der Waals surface area contributed by atoms with Gasteiger partial charge in [-0.1, -0.05) is 23.6 Å². The topological polar surface area (TPSA) is 52.0 Å². The molecule has 0 amide bonds. The number of carbonyl (C=O) groups is 2. The third-order valence-electron chi connectivity index (χ3n) is 2.96. The fourth-order valence-corrected chi connectivity index (χ4v) is 2.24. The summed E-state index contributed by atoms with van der Waals surface area (Å²) in [6.07, 6.45) is 3.50. The van der Waals surface area contributed by atoms with Crippen LogP contribution in [0.3, 0.4) is 0 Å². The van der Waals surface area contributed by atoms with Gasteiger partial charge in [-0.05, 0) is 37.8 Å². The first-order valence-corrected chi connectivity index (χ1v) is 6.15. The van der Waals surface area contributed by atoms with Crippen molar-refractivity contribution in [2.75, 3.05) is 0 Å². The molecule has 0 atom stereocenters. The van der Waals surface area contributed by atoms with Crippen molar-refractivity contribution in [2.45, 2.75) is 20.8 Å². The zero-order chi connectivity index (χ0) is 14.7. The molecule has 0 fully saturated rings. The quantitative estimate of drug-likeness (QED) is 0.586. The Hall–Kier alpha value is -2.67. The normalized spacial score (nSPS) is 9.75. The van der Waals surface area contributed by atoms with Crippen LogP contribution in [-0.2, 0) is 4.79 Å². The fourth-order valence-electron chi connectivity index (χ4n) is 2.24. The van der Waals surface area contributed by atoms with Gasteiger partial charge in [0.1, 0.15) is 0 Å². The Bertz CT molecular complexity index is 722. The van der Waals surface area contributed by atoms with Crippen molar-refractivity contribution in [1.82, 2.24) is 9.78 Å². The van der Waals surface area contributed by atoms with Crippen molar-refractivity contribution in [3.05, 3.63) is 52.3 Å². The number of aromatic nitrogens is 2.